The van der Waals surface area contributed by atoms with Gasteiger partial charge in [-0.2, -0.15) is 13.2 Å². The van der Waals surface area contributed by atoms with Crippen LogP contribution < -0.4 is 11.5 Å². The van der Waals surface area contributed by atoms with Gasteiger partial charge in [-0.05, 0) is 23.1 Å². The Morgan fingerprint density at radius 3 is 2.05 bits per heavy atom. The molecule has 0 aromatic heterocycles. The molecule has 108 valence electrons. The molecule has 3 nitrogen and oxygen atoms in total. The lowest BCUT2D eigenvalue weighted by Crippen LogP contribution is -2.51. The normalized spacial score (nSPS) is 16.2. The Kier molecular flexibility index (Phi) is 3.89. The molecule has 0 heterocycles. The zero-order valence-electron chi connectivity index (χ0n) is 11.2. The molecule has 0 amide bonds. The molecule has 1 aromatic carbocycles. The van der Waals surface area contributed by atoms with Crippen LogP contribution in [-0.4, -0.2) is 11.7 Å². The first-order valence-electron chi connectivity index (χ1n) is 5.80. The second-order valence-corrected chi connectivity index (χ2v) is 5.68. The van der Waals surface area contributed by atoms with Gasteiger partial charge in [-0.1, -0.05) is 26.8 Å². The predicted octanol–water partition coefficient (Wildman–Crippen LogP) is 2.48. The Bertz CT molecular complexity index is 466. The van der Waals surface area contributed by atoms with E-state index in [1.165, 1.54) is 12.1 Å². The van der Waals surface area contributed by atoms with E-state index in [-0.39, 0.29) is 11.3 Å². The molecule has 6 heteroatoms. The van der Waals surface area contributed by atoms with Gasteiger partial charge in [0.05, 0.1) is 17.7 Å². The summed E-state index contributed by atoms with van der Waals surface area (Å²) in [7, 11) is 0. The van der Waals surface area contributed by atoms with Crippen molar-refractivity contribution in [2.75, 3.05) is 12.3 Å². The average molecular weight is 276 g/mol. The van der Waals surface area contributed by atoms with E-state index in [1.807, 2.05) is 0 Å². The Balaban J connectivity index is 3.45. The first-order valence-corrected chi connectivity index (χ1v) is 5.80. The van der Waals surface area contributed by atoms with Gasteiger partial charge in [0.1, 0.15) is 0 Å². The second kappa shape index (κ2) is 4.68. The molecule has 1 aromatic rings. The predicted molar refractivity (Wildman–Crippen MR) is 68.3 cm³/mol. The van der Waals surface area contributed by atoms with Crippen LogP contribution in [0.2, 0.25) is 0 Å². The van der Waals surface area contributed by atoms with Gasteiger partial charge < -0.3 is 16.6 Å². The highest BCUT2D eigenvalue weighted by Crippen LogP contribution is 2.40. The van der Waals surface area contributed by atoms with E-state index >= 15 is 0 Å². The number of alkyl halides is 3. The van der Waals surface area contributed by atoms with E-state index in [0.717, 1.165) is 6.07 Å². The van der Waals surface area contributed by atoms with Gasteiger partial charge in [0.25, 0.3) is 0 Å². The van der Waals surface area contributed by atoms with Crippen molar-refractivity contribution in [3.8, 4) is 0 Å². The van der Waals surface area contributed by atoms with Crippen molar-refractivity contribution in [3.05, 3.63) is 29.3 Å². The van der Waals surface area contributed by atoms with Crippen LogP contribution in [0.4, 0.5) is 18.9 Å². The van der Waals surface area contributed by atoms with Gasteiger partial charge in [-0.15, -0.1) is 0 Å². The van der Waals surface area contributed by atoms with Crippen LogP contribution >= 0.6 is 0 Å². The van der Waals surface area contributed by atoms with Crippen molar-refractivity contribution < 1.29 is 18.3 Å². The van der Waals surface area contributed by atoms with Gasteiger partial charge in [-0.25, -0.2) is 0 Å². The molecular formula is C13H19F3N2O. The summed E-state index contributed by atoms with van der Waals surface area (Å²) in [6.45, 7) is 4.81. The monoisotopic (exact) mass is 276 g/mol. The third-order valence-corrected chi connectivity index (χ3v) is 3.46. The zero-order chi connectivity index (χ0) is 15.1. The number of aliphatic hydroxyl groups is 1. The van der Waals surface area contributed by atoms with Crippen LogP contribution in [0.15, 0.2) is 18.2 Å². The summed E-state index contributed by atoms with van der Waals surface area (Å²) >= 11 is 0. The summed E-state index contributed by atoms with van der Waals surface area (Å²) in [6.07, 6.45) is -4.55. The van der Waals surface area contributed by atoms with Crippen molar-refractivity contribution in [1.29, 1.82) is 0 Å². The summed E-state index contributed by atoms with van der Waals surface area (Å²) in [6, 6.07) is 3.50. The number of aliphatic hydroxyl groups excluding tert-OH is 1. The lowest BCUT2D eigenvalue weighted by molar-refractivity contribution is -0.137. The molecule has 1 unspecified atom stereocenters. The van der Waals surface area contributed by atoms with Crippen LogP contribution in [0, 0.1) is 5.41 Å². The van der Waals surface area contributed by atoms with E-state index in [9.17, 15) is 18.3 Å². The third kappa shape index (κ3) is 2.84. The quantitative estimate of drug-likeness (QED) is 0.727. The summed E-state index contributed by atoms with van der Waals surface area (Å²) in [5, 5.41) is 9.50. The number of nitrogen functional groups attached to an aromatic ring is 1. The lowest BCUT2D eigenvalue weighted by atomic mass is 9.70. The summed E-state index contributed by atoms with van der Waals surface area (Å²) in [4.78, 5) is 0. The molecule has 0 aliphatic rings. The molecule has 0 saturated heterocycles. The van der Waals surface area contributed by atoms with E-state index in [1.54, 1.807) is 20.8 Å². The second-order valence-electron chi connectivity index (χ2n) is 5.68. The molecule has 0 radical (unpaired) electrons. The van der Waals surface area contributed by atoms with Crippen molar-refractivity contribution >= 4 is 5.69 Å². The van der Waals surface area contributed by atoms with Crippen LogP contribution in [0.5, 0.6) is 0 Å². The molecule has 19 heavy (non-hydrogen) atoms. The van der Waals surface area contributed by atoms with Crippen molar-refractivity contribution in [3.63, 3.8) is 0 Å². The maximum Gasteiger partial charge on any atom is 0.418 e. The smallest absolute Gasteiger partial charge is 0.398 e. The van der Waals surface area contributed by atoms with E-state index in [4.69, 9.17) is 11.5 Å². The molecular weight excluding hydrogens is 257 g/mol. The molecule has 0 aliphatic heterocycles. The Labute approximate surface area is 110 Å². The highest BCUT2D eigenvalue weighted by Gasteiger charge is 2.41. The van der Waals surface area contributed by atoms with Gasteiger partial charge >= 0.3 is 6.18 Å². The van der Waals surface area contributed by atoms with E-state index < -0.39 is 29.3 Å². The number of anilines is 1. The zero-order valence-corrected chi connectivity index (χ0v) is 11.2. The van der Waals surface area contributed by atoms with E-state index in [2.05, 4.69) is 0 Å². The number of benzene rings is 1. The minimum absolute atomic E-state index is 0.212. The molecule has 0 bridgehead atoms. The number of hydrogen-bond acceptors (Lipinski definition) is 3. The fourth-order valence-electron chi connectivity index (χ4n) is 1.84. The SMILES string of the molecule is CC(C)(C)C(N)(CO)c1ccc(N)c(C(F)(F)F)c1. The molecule has 0 saturated carbocycles. The van der Waals surface area contributed by atoms with Crippen molar-refractivity contribution in [1.82, 2.24) is 0 Å². The van der Waals surface area contributed by atoms with Gasteiger partial charge in [0.15, 0.2) is 0 Å². The minimum atomic E-state index is -4.55. The van der Waals surface area contributed by atoms with Crippen LogP contribution in [0.25, 0.3) is 0 Å². The number of halogens is 3. The molecule has 0 fully saturated rings. The molecule has 1 rings (SSSR count). The minimum Gasteiger partial charge on any atom is -0.398 e. The van der Waals surface area contributed by atoms with Gasteiger partial charge in [-0.3, -0.25) is 0 Å². The fourth-order valence-corrected chi connectivity index (χ4v) is 1.84. The average Bonchev–Trinajstić information content (AvgIpc) is 2.25. The third-order valence-electron chi connectivity index (χ3n) is 3.46. The molecule has 1 atom stereocenters. The Morgan fingerprint density at radius 1 is 1.16 bits per heavy atom. The fraction of sp³-hybridized carbons (Fsp3) is 0.538. The maximum atomic E-state index is 12.8. The molecule has 0 aliphatic carbocycles. The highest BCUT2D eigenvalue weighted by atomic mass is 19.4. The lowest BCUT2D eigenvalue weighted by Gasteiger charge is -2.41. The molecule has 0 spiro atoms. The first kappa shape index (κ1) is 15.8. The topological polar surface area (TPSA) is 72.3 Å². The number of hydrogen-bond donors (Lipinski definition) is 3. The van der Waals surface area contributed by atoms with Gasteiger partial charge in [0, 0.05) is 5.69 Å². The van der Waals surface area contributed by atoms with E-state index in [0.29, 0.717) is 0 Å². The Morgan fingerprint density at radius 2 is 1.68 bits per heavy atom. The van der Waals surface area contributed by atoms with Crippen molar-refractivity contribution in [2.24, 2.45) is 11.1 Å². The van der Waals surface area contributed by atoms with Crippen LogP contribution in [0.3, 0.4) is 0 Å². The Hall–Kier alpha value is -1.27. The standard InChI is InChI=1S/C13H19F3N2O/c1-11(2,3)12(18,7-19)8-4-5-10(17)9(6-8)13(14,15)16/h4-6,19H,7,17-18H2,1-3H3. The van der Waals surface area contributed by atoms with Crippen molar-refractivity contribution in [2.45, 2.75) is 32.5 Å². The van der Waals surface area contributed by atoms with Gasteiger partial charge in [0.2, 0.25) is 0 Å². The van der Waals surface area contributed by atoms with Crippen LogP contribution in [0.1, 0.15) is 31.9 Å². The molecule has 5 N–H and O–H groups in total. The maximum absolute atomic E-state index is 12.8. The van der Waals surface area contributed by atoms with Crippen LogP contribution in [-0.2, 0) is 11.7 Å². The number of rotatable bonds is 2. The highest BCUT2D eigenvalue weighted by molar-refractivity contribution is 5.51. The largest absolute Gasteiger partial charge is 0.418 e. The number of nitrogens with two attached hydrogens (primary N) is 2. The summed E-state index contributed by atoms with van der Waals surface area (Å²) in [5.74, 6) is 0. The first-order chi connectivity index (χ1) is 8.43. The summed E-state index contributed by atoms with van der Waals surface area (Å²) < 4.78 is 38.5. The summed E-state index contributed by atoms with van der Waals surface area (Å²) in [5.41, 5.74) is 8.48.